The summed E-state index contributed by atoms with van der Waals surface area (Å²) >= 11 is 0. The Morgan fingerprint density at radius 1 is 1.14 bits per heavy atom. The molecule has 0 radical (unpaired) electrons. The molecule has 5 rings (SSSR count). The van der Waals surface area contributed by atoms with Crippen molar-refractivity contribution in [1.82, 2.24) is 20.7 Å². The molecule has 35 heavy (non-hydrogen) atoms. The first-order valence-corrected chi connectivity index (χ1v) is 12.1. The van der Waals surface area contributed by atoms with Gasteiger partial charge in [0.1, 0.15) is 11.9 Å². The molecule has 2 saturated heterocycles. The van der Waals surface area contributed by atoms with Crippen LogP contribution in [0.25, 0.3) is 10.9 Å². The van der Waals surface area contributed by atoms with Crippen molar-refractivity contribution in [2.24, 2.45) is 5.92 Å². The lowest BCUT2D eigenvalue weighted by Crippen LogP contribution is -2.60. The third-order valence-electron chi connectivity index (χ3n) is 7.07. The predicted molar refractivity (Wildman–Crippen MR) is 131 cm³/mol. The summed E-state index contributed by atoms with van der Waals surface area (Å²) < 4.78 is 6.31. The van der Waals surface area contributed by atoms with Gasteiger partial charge in [0.25, 0.3) is 0 Å². The van der Waals surface area contributed by atoms with Crippen LogP contribution in [0.3, 0.4) is 0 Å². The van der Waals surface area contributed by atoms with Crippen molar-refractivity contribution < 1.29 is 19.5 Å². The number of hydroxylamine groups is 1. The number of amides is 2. The number of ether oxygens (including phenoxy) is 1. The van der Waals surface area contributed by atoms with E-state index in [-0.39, 0.29) is 17.9 Å². The molecule has 3 unspecified atom stereocenters. The first-order valence-electron chi connectivity index (χ1n) is 12.1. The Bertz CT molecular complexity index is 1220. The number of pyridine rings is 1. The van der Waals surface area contributed by atoms with Crippen molar-refractivity contribution >= 4 is 22.7 Å². The third-order valence-corrected chi connectivity index (χ3v) is 7.07. The van der Waals surface area contributed by atoms with E-state index >= 15 is 0 Å². The average Bonchev–Trinajstić information content (AvgIpc) is 3.39. The Morgan fingerprint density at radius 2 is 1.91 bits per heavy atom. The van der Waals surface area contributed by atoms with Crippen molar-refractivity contribution in [2.45, 2.75) is 37.8 Å². The summed E-state index contributed by atoms with van der Waals surface area (Å²) in [4.78, 5) is 32.4. The molecule has 3 heterocycles. The van der Waals surface area contributed by atoms with Gasteiger partial charge in [-0.1, -0.05) is 42.5 Å². The molecule has 2 aliphatic rings. The summed E-state index contributed by atoms with van der Waals surface area (Å²) in [7, 11) is 0. The minimum absolute atomic E-state index is 0.110. The van der Waals surface area contributed by atoms with E-state index in [9.17, 15) is 14.8 Å². The molecule has 0 spiro atoms. The summed E-state index contributed by atoms with van der Waals surface area (Å²) in [5.74, 6) is -0.470. The van der Waals surface area contributed by atoms with E-state index in [0.717, 1.165) is 23.0 Å². The summed E-state index contributed by atoms with van der Waals surface area (Å²) in [6.45, 7) is 3.59. The van der Waals surface area contributed by atoms with Gasteiger partial charge in [0.2, 0.25) is 11.8 Å². The van der Waals surface area contributed by atoms with E-state index in [1.807, 2.05) is 60.4 Å². The van der Waals surface area contributed by atoms with E-state index in [2.05, 4.69) is 22.4 Å². The zero-order valence-corrected chi connectivity index (χ0v) is 19.7. The second-order valence-electron chi connectivity index (χ2n) is 9.40. The maximum atomic E-state index is 13.4. The number of carbonyl (C=O) groups excluding carboxylic acids is 2. The number of aryl methyl sites for hydroxylation is 1. The van der Waals surface area contributed by atoms with E-state index in [1.54, 1.807) is 5.48 Å². The Kier molecular flexibility index (Phi) is 6.66. The molecule has 3 N–H and O–H groups in total. The van der Waals surface area contributed by atoms with Crippen molar-refractivity contribution in [3.63, 3.8) is 0 Å². The summed E-state index contributed by atoms with van der Waals surface area (Å²) in [5, 5.41) is 13.5. The quantitative estimate of drug-likeness (QED) is 0.388. The van der Waals surface area contributed by atoms with E-state index in [4.69, 9.17) is 4.74 Å². The molecule has 2 aliphatic heterocycles. The largest absolute Gasteiger partial charge is 0.488 e. The number of nitrogens with zero attached hydrogens (tertiary/aromatic N) is 2. The van der Waals surface area contributed by atoms with Crippen LogP contribution in [-0.4, -0.2) is 58.7 Å². The minimum atomic E-state index is -0.753. The lowest BCUT2D eigenvalue weighted by molar-refractivity contribution is -0.144. The van der Waals surface area contributed by atoms with Crippen molar-refractivity contribution in [3.05, 3.63) is 71.9 Å². The van der Waals surface area contributed by atoms with Crippen LogP contribution in [0.15, 0.2) is 60.7 Å². The zero-order valence-electron chi connectivity index (χ0n) is 19.7. The monoisotopic (exact) mass is 474 g/mol. The number of likely N-dealkylation sites (tertiary alicyclic amines) is 1. The van der Waals surface area contributed by atoms with Crippen LogP contribution >= 0.6 is 0 Å². The lowest BCUT2D eigenvalue weighted by atomic mass is 9.87. The van der Waals surface area contributed by atoms with Gasteiger partial charge < -0.3 is 15.0 Å². The number of carbonyl (C=O) groups is 2. The average molecular weight is 475 g/mol. The maximum absolute atomic E-state index is 13.4. The molecule has 8 heteroatoms. The van der Waals surface area contributed by atoms with Crippen LogP contribution < -0.4 is 15.5 Å². The highest BCUT2D eigenvalue weighted by molar-refractivity contribution is 5.90. The number of nitrogens with one attached hydrogen (secondary N) is 2. The number of rotatable bonds is 5. The number of aromatic nitrogens is 1. The van der Waals surface area contributed by atoms with Crippen LogP contribution in [-0.2, 0) is 9.59 Å². The number of para-hydroxylation sites is 1. The van der Waals surface area contributed by atoms with Gasteiger partial charge in [0.05, 0.1) is 17.5 Å². The Morgan fingerprint density at radius 3 is 2.71 bits per heavy atom. The van der Waals surface area contributed by atoms with Gasteiger partial charge in [-0.3, -0.25) is 19.8 Å². The Labute approximate surface area is 204 Å². The number of hydrogen-bond donors (Lipinski definition) is 3. The zero-order chi connectivity index (χ0) is 24.4. The SMILES string of the molecule is Cc1cc(OC2CNC(C(=O)N3CC[C@H](c4ccccc4)C3)C(C(=O)NO)C2)c2ccccc2n1. The summed E-state index contributed by atoms with van der Waals surface area (Å²) in [5.41, 5.74) is 4.65. The highest BCUT2D eigenvalue weighted by Gasteiger charge is 2.43. The Hall–Kier alpha value is -3.49. The van der Waals surface area contributed by atoms with Gasteiger partial charge in [-0.2, -0.15) is 0 Å². The summed E-state index contributed by atoms with van der Waals surface area (Å²) in [6, 6.07) is 19.1. The third kappa shape index (κ3) is 4.85. The molecule has 2 fully saturated rings. The summed E-state index contributed by atoms with van der Waals surface area (Å²) in [6.07, 6.45) is 0.850. The first-order chi connectivity index (χ1) is 17.0. The molecule has 182 valence electrons. The topological polar surface area (TPSA) is 104 Å². The van der Waals surface area contributed by atoms with Crippen molar-refractivity contribution in [3.8, 4) is 5.75 Å². The molecule has 2 aromatic carbocycles. The van der Waals surface area contributed by atoms with Crippen LogP contribution in [0.5, 0.6) is 5.75 Å². The van der Waals surface area contributed by atoms with Gasteiger partial charge in [0, 0.05) is 42.7 Å². The van der Waals surface area contributed by atoms with Crippen LogP contribution in [0.2, 0.25) is 0 Å². The number of benzene rings is 2. The highest BCUT2D eigenvalue weighted by Crippen LogP contribution is 2.31. The molecule has 0 saturated carbocycles. The van der Waals surface area contributed by atoms with Crippen molar-refractivity contribution in [2.75, 3.05) is 19.6 Å². The molecule has 8 nitrogen and oxygen atoms in total. The van der Waals surface area contributed by atoms with E-state index in [0.29, 0.717) is 31.8 Å². The molecule has 0 aliphatic carbocycles. The van der Waals surface area contributed by atoms with Crippen LogP contribution in [0.4, 0.5) is 0 Å². The highest BCUT2D eigenvalue weighted by atomic mass is 16.5. The lowest BCUT2D eigenvalue weighted by Gasteiger charge is -2.37. The molecule has 0 bridgehead atoms. The molecule has 1 aromatic heterocycles. The second kappa shape index (κ2) is 10.0. The Balaban J connectivity index is 1.30. The van der Waals surface area contributed by atoms with Crippen molar-refractivity contribution in [1.29, 1.82) is 0 Å². The molecular weight excluding hydrogens is 444 g/mol. The minimum Gasteiger partial charge on any atom is -0.488 e. The predicted octanol–water partition coefficient (Wildman–Crippen LogP) is 2.79. The van der Waals surface area contributed by atoms with Gasteiger partial charge in [-0.15, -0.1) is 0 Å². The normalized spacial score (nSPS) is 24.3. The molecule has 4 atom stereocenters. The van der Waals surface area contributed by atoms with Gasteiger partial charge in [-0.05, 0) is 37.5 Å². The van der Waals surface area contributed by atoms with E-state index in [1.165, 1.54) is 5.56 Å². The molecule has 2 amide bonds. The maximum Gasteiger partial charge on any atom is 0.248 e. The van der Waals surface area contributed by atoms with Gasteiger partial charge in [-0.25, -0.2) is 5.48 Å². The standard InChI is InChI=1S/C27H30N4O4/c1-17-13-24(21-9-5-6-10-23(21)29-17)35-20-14-22(26(32)30-34)25(28-15-20)27(33)31-12-11-19(16-31)18-7-3-2-4-8-18/h2-10,13,19-20,22,25,28,34H,11-12,14-16H2,1H3,(H,30,32)/t19-,20?,22?,25?/m0/s1. The first kappa shape index (κ1) is 23.3. The number of hydrogen-bond acceptors (Lipinski definition) is 6. The fourth-order valence-electron chi connectivity index (χ4n) is 5.29. The molecule has 3 aromatic rings. The number of piperidine rings is 1. The van der Waals surface area contributed by atoms with E-state index < -0.39 is 17.9 Å². The second-order valence-corrected chi connectivity index (χ2v) is 9.40. The van der Waals surface area contributed by atoms with Crippen LogP contribution in [0, 0.1) is 12.8 Å². The fourth-order valence-corrected chi connectivity index (χ4v) is 5.29. The van der Waals surface area contributed by atoms with Gasteiger partial charge in [0.15, 0.2) is 0 Å². The van der Waals surface area contributed by atoms with Gasteiger partial charge >= 0.3 is 0 Å². The van der Waals surface area contributed by atoms with Crippen LogP contribution in [0.1, 0.15) is 30.0 Å². The smallest absolute Gasteiger partial charge is 0.248 e. The fraction of sp³-hybridized carbons (Fsp3) is 0.370. The molecular formula is C27H30N4O4. The number of fused-ring (bicyclic) bond motifs is 1.